The van der Waals surface area contributed by atoms with Crippen molar-refractivity contribution in [1.82, 2.24) is 40.4 Å². The molecule has 0 bridgehead atoms. The molecule has 4 heterocycles. The number of rotatable bonds is 11. The minimum Gasteiger partial charge on any atom is -0.453 e. The summed E-state index contributed by atoms with van der Waals surface area (Å²) in [6.07, 6.45) is 3.44. The van der Waals surface area contributed by atoms with Gasteiger partial charge in [-0.3, -0.25) is 9.59 Å². The Morgan fingerprint density at radius 1 is 0.828 bits per heavy atom. The number of nitrogens with one attached hydrogen (secondary N) is 4. The second kappa shape index (κ2) is 16.9. The van der Waals surface area contributed by atoms with Crippen molar-refractivity contribution in [3.8, 4) is 22.4 Å². The van der Waals surface area contributed by atoms with Gasteiger partial charge in [-0.1, -0.05) is 52.0 Å². The van der Waals surface area contributed by atoms with Gasteiger partial charge in [-0.2, -0.15) is 0 Å². The summed E-state index contributed by atoms with van der Waals surface area (Å²) in [5, 5.41) is 7.22. The first kappa shape index (κ1) is 40.2. The van der Waals surface area contributed by atoms with Crippen LogP contribution in [-0.4, -0.2) is 93.6 Å². The van der Waals surface area contributed by atoms with Gasteiger partial charge < -0.3 is 39.9 Å². The number of likely N-dealkylation sites (tertiary alicyclic amines) is 2. The van der Waals surface area contributed by atoms with E-state index in [-0.39, 0.29) is 42.3 Å². The van der Waals surface area contributed by atoms with Crippen molar-refractivity contribution < 1.29 is 33.0 Å². The Labute approximate surface area is 336 Å². The number of hydrogen-bond acceptors (Lipinski definition) is 8. The number of aromatic nitrogens is 4. The summed E-state index contributed by atoms with van der Waals surface area (Å²) < 4.78 is 25.3. The third-order valence-electron chi connectivity index (χ3n) is 11.5. The third-order valence-corrected chi connectivity index (χ3v) is 11.5. The first-order chi connectivity index (χ1) is 27.9. The topological polar surface area (TPSA) is 175 Å². The Bertz CT molecular complexity index is 2340. The Morgan fingerprint density at radius 2 is 1.50 bits per heavy atom. The summed E-state index contributed by atoms with van der Waals surface area (Å²) in [4.78, 5) is 71.0. The SMILES string of the molecule is COC(=O)NCC(C(=O)N1CCCC1c1nc2c(ccc3cc(-c4ccc(-c5cnc([C@@H]6CCCN6C(=O)[C@@H](NC(=O)OC)C(C)C)[nH]5)c(F)c4)ccc32)[nH]1)C(C)C. The summed E-state index contributed by atoms with van der Waals surface area (Å²) in [5.41, 5.74) is 4.06. The zero-order valence-electron chi connectivity index (χ0n) is 33.7. The van der Waals surface area contributed by atoms with Crippen molar-refractivity contribution in [1.29, 1.82) is 0 Å². The van der Waals surface area contributed by atoms with E-state index in [2.05, 4.69) is 25.6 Å². The Hall–Kier alpha value is -5.99. The number of benzene rings is 3. The van der Waals surface area contributed by atoms with Crippen molar-refractivity contribution in [3.63, 3.8) is 0 Å². The predicted molar refractivity (Wildman–Crippen MR) is 217 cm³/mol. The summed E-state index contributed by atoms with van der Waals surface area (Å²) in [6, 6.07) is 13.8. The molecule has 4 atom stereocenters. The zero-order valence-corrected chi connectivity index (χ0v) is 33.7. The van der Waals surface area contributed by atoms with E-state index in [1.165, 1.54) is 20.3 Å². The molecule has 4 amide bonds. The van der Waals surface area contributed by atoms with Crippen LogP contribution in [0.25, 0.3) is 44.2 Å². The molecule has 2 saturated heterocycles. The monoisotopic (exact) mass is 794 g/mol. The number of ether oxygens (including phenoxy) is 2. The molecule has 2 fully saturated rings. The molecule has 4 N–H and O–H groups in total. The normalized spacial score (nSPS) is 17.9. The highest BCUT2D eigenvalue weighted by Crippen LogP contribution is 2.37. The average molecular weight is 795 g/mol. The van der Waals surface area contributed by atoms with Crippen LogP contribution >= 0.6 is 0 Å². The van der Waals surface area contributed by atoms with Crippen LogP contribution in [0.5, 0.6) is 0 Å². The van der Waals surface area contributed by atoms with E-state index in [0.717, 1.165) is 52.5 Å². The Morgan fingerprint density at radius 3 is 2.17 bits per heavy atom. The number of imidazole rings is 2. The number of fused-ring (bicyclic) bond motifs is 3. The van der Waals surface area contributed by atoms with Crippen molar-refractivity contribution in [3.05, 3.63) is 72.2 Å². The highest BCUT2D eigenvalue weighted by Gasteiger charge is 2.39. The number of methoxy groups -OCH3 is 2. The van der Waals surface area contributed by atoms with E-state index >= 15 is 4.39 Å². The van der Waals surface area contributed by atoms with Gasteiger partial charge in [0.1, 0.15) is 23.5 Å². The van der Waals surface area contributed by atoms with Gasteiger partial charge in [-0.05, 0) is 78.3 Å². The number of halogens is 1. The lowest BCUT2D eigenvalue weighted by Gasteiger charge is -2.30. The van der Waals surface area contributed by atoms with Crippen LogP contribution < -0.4 is 10.6 Å². The van der Waals surface area contributed by atoms with Crippen LogP contribution in [0, 0.1) is 23.6 Å². The molecule has 0 saturated carbocycles. The molecule has 0 spiro atoms. The number of aromatic amines is 2. The minimum absolute atomic E-state index is 0.0113. The van der Waals surface area contributed by atoms with Crippen LogP contribution in [-0.2, 0) is 19.1 Å². The maximum atomic E-state index is 15.9. The van der Waals surface area contributed by atoms with Gasteiger partial charge in [0.05, 0.1) is 55.1 Å². The molecular weight excluding hydrogens is 744 g/mol. The van der Waals surface area contributed by atoms with Crippen LogP contribution in [0.4, 0.5) is 14.0 Å². The molecule has 2 aromatic heterocycles. The molecule has 58 heavy (non-hydrogen) atoms. The number of carbonyl (C=O) groups excluding carboxylic acids is 4. The molecule has 7 rings (SSSR count). The summed E-state index contributed by atoms with van der Waals surface area (Å²) in [5.74, 6) is 0.0886. The van der Waals surface area contributed by atoms with Gasteiger partial charge in [-0.15, -0.1) is 0 Å². The molecule has 2 aliphatic rings. The fraction of sp³-hybridized carbons (Fsp3) is 0.442. The Kier molecular flexibility index (Phi) is 11.7. The van der Waals surface area contributed by atoms with Crippen molar-refractivity contribution >= 4 is 45.8 Å². The summed E-state index contributed by atoms with van der Waals surface area (Å²) in [7, 11) is 2.56. The fourth-order valence-electron chi connectivity index (χ4n) is 8.31. The van der Waals surface area contributed by atoms with Gasteiger partial charge >= 0.3 is 12.2 Å². The molecule has 0 radical (unpaired) electrons. The second-order valence-corrected chi connectivity index (χ2v) is 15.9. The van der Waals surface area contributed by atoms with Crippen LogP contribution in [0.1, 0.15) is 77.1 Å². The molecule has 0 aliphatic carbocycles. The standard InChI is InChI=1S/C43H51FN8O6/c1-23(2)30(21-46-42(55)57-5)40(53)51-17-8-10-35(51)39-47-32-16-13-27-19-25(11-14-28(27)37(32)49-39)26-12-15-29(31(44)20-26)33-22-45-38(48-33)34-9-7-18-52(34)41(54)36(24(3)4)50-43(56)58-6/h11-16,19-20,22-24,30,34-36H,7-10,17-18,21H2,1-6H3,(H,45,48)(H,46,55)(H,47,49)(H,50,56)/t30?,34-,35?,36-/m0/s1. The number of H-pyrrole nitrogens is 2. The quantitative estimate of drug-likeness (QED) is 0.108. The molecule has 2 unspecified atom stereocenters. The second-order valence-electron chi connectivity index (χ2n) is 15.9. The number of nitrogens with zero attached hydrogens (tertiary/aromatic N) is 4. The van der Waals surface area contributed by atoms with Gasteiger partial charge in [0.25, 0.3) is 0 Å². The number of hydrogen-bond donors (Lipinski definition) is 4. The molecule has 5 aromatic rings. The molecular formula is C43H51FN8O6. The highest BCUT2D eigenvalue weighted by molar-refractivity contribution is 6.05. The van der Waals surface area contributed by atoms with E-state index < -0.39 is 30.0 Å². The molecule has 3 aromatic carbocycles. The van der Waals surface area contributed by atoms with E-state index in [4.69, 9.17) is 14.5 Å². The number of amides is 4. The van der Waals surface area contributed by atoms with Gasteiger partial charge in [0, 0.05) is 30.6 Å². The Balaban J connectivity index is 1.08. The van der Waals surface area contributed by atoms with Crippen LogP contribution in [0.15, 0.2) is 54.7 Å². The van der Waals surface area contributed by atoms with E-state index in [0.29, 0.717) is 42.2 Å². The highest BCUT2D eigenvalue weighted by atomic mass is 19.1. The number of carbonyl (C=O) groups is 4. The predicted octanol–water partition coefficient (Wildman–Crippen LogP) is 7.25. The lowest BCUT2D eigenvalue weighted by molar-refractivity contribution is -0.138. The van der Waals surface area contributed by atoms with Gasteiger partial charge in [0.15, 0.2) is 0 Å². The van der Waals surface area contributed by atoms with Crippen LogP contribution in [0.3, 0.4) is 0 Å². The largest absolute Gasteiger partial charge is 0.453 e. The van der Waals surface area contributed by atoms with E-state index in [1.54, 1.807) is 17.2 Å². The average Bonchev–Trinajstić information content (AvgIpc) is 4.05. The maximum absolute atomic E-state index is 15.9. The lowest BCUT2D eigenvalue weighted by Crippen LogP contribution is -2.51. The van der Waals surface area contributed by atoms with E-state index in [9.17, 15) is 19.2 Å². The van der Waals surface area contributed by atoms with Crippen molar-refractivity contribution in [2.75, 3.05) is 33.9 Å². The summed E-state index contributed by atoms with van der Waals surface area (Å²) >= 11 is 0. The van der Waals surface area contributed by atoms with Crippen molar-refractivity contribution in [2.45, 2.75) is 71.5 Å². The first-order valence-corrected chi connectivity index (χ1v) is 19.9. The van der Waals surface area contributed by atoms with Gasteiger partial charge in [-0.25, -0.2) is 23.9 Å². The molecule has 15 heteroatoms. The smallest absolute Gasteiger partial charge is 0.407 e. The van der Waals surface area contributed by atoms with Gasteiger partial charge in [0.2, 0.25) is 11.8 Å². The van der Waals surface area contributed by atoms with Crippen molar-refractivity contribution in [2.24, 2.45) is 17.8 Å². The lowest BCUT2D eigenvalue weighted by atomic mass is 9.94. The van der Waals surface area contributed by atoms with E-state index in [1.807, 2.05) is 69.0 Å². The zero-order chi connectivity index (χ0) is 41.2. The summed E-state index contributed by atoms with van der Waals surface area (Å²) in [6.45, 7) is 8.99. The minimum atomic E-state index is -0.752. The third kappa shape index (κ3) is 7.94. The number of alkyl carbamates (subject to hydrolysis) is 2. The molecule has 306 valence electrons. The molecule has 14 nitrogen and oxygen atoms in total. The molecule has 2 aliphatic heterocycles. The maximum Gasteiger partial charge on any atom is 0.407 e. The fourth-order valence-corrected chi connectivity index (χ4v) is 8.31. The first-order valence-electron chi connectivity index (χ1n) is 19.9. The van der Waals surface area contributed by atoms with Crippen LogP contribution in [0.2, 0.25) is 0 Å².